The summed E-state index contributed by atoms with van der Waals surface area (Å²) < 4.78 is 5.98. The molecule has 2 rings (SSSR count). The Bertz CT molecular complexity index is 564. The number of phenols is 2. The van der Waals surface area contributed by atoms with E-state index < -0.39 is 11.6 Å². The maximum absolute atomic E-state index is 10.7. The molecule has 1 aliphatic rings. The molecule has 0 amide bonds. The van der Waals surface area contributed by atoms with Crippen molar-refractivity contribution in [3.8, 4) is 17.2 Å². The number of aromatic hydroxyl groups is 2. The lowest BCUT2D eigenvalue weighted by molar-refractivity contribution is -0.138. The first-order valence-electron chi connectivity index (χ1n) is 6.70. The van der Waals surface area contributed by atoms with Crippen molar-refractivity contribution < 1.29 is 24.9 Å². The summed E-state index contributed by atoms with van der Waals surface area (Å²) in [6, 6.07) is 0. The molecule has 0 radical (unpaired) electrons. The zero-order valence-electron chi connectivity index (χ0n) is 12.0. The average molecular weight is 280 g/mol. The maximum Gasteiger partial charge on any atom is 0.303 e. The Morgan fingerprint density at radius 2 is 1.90 bits per heavy atom. The van der Waals surface area contributed by atoms with Gasteiger partial charge in [0.05, 0.1) is 0 Å². The van der Waals surface area contributed by atoms with E-state index in [1.165, 1.54) is 0 Å². The number of benzene rings is 1. The molecule has 0 spiro atoms. The van der Waals surface area contributed by atoms with Crippen molar-refractivity contribution in [2.45, 2.75) is 52.1 Å². The first kappa shape index (κ1) is 14.5. The van der Waals surface area contributed by atoms with E-state index in [-0.39, 0.29) is 17.9 Å². The van der Waals surface area contributed by atoms with Gasteiger partial charge in [-0.05, 0) is 45.6 Å². The van der Waals surface area contributed by atoms with Gasteiger partial charge < -0.3 is 20.1 Å². The van der Waals surface area contributed by atoms with Gasteiger partial charge in [0.15, 0.2) is 11.5 Å². The highest BCUT2D eigenvalue weighted by Gasteiger charge is 2.35. The van der Waals surface area contributed by atoms with Crippen LogP contribution in [0.25, 0.3) is 0 Å². The molecule has 1 aromatic rings. The summed E-state index contributed by atoms with van der Waals surface area (Å²) in [6.07, 6.45) is 1.64. The molecule has 1 heterocycles. The van der Waals surface area contributed by atoms with Gasteiger partial charge in [-0.25, -0.2) is 0 Å². The van der Waals surface area contributed by atoms with Crippen LogP contribution in [0.2, 0.25) is 0 Å². The van der Waals surface area contributed by atoms with Crippen LogP contribution in [0, 0.1) is 13.8 Å². The molecule has 20 heavy (non-hydrogen) atoms. The predicted octanol–water partition coefficient (Wildman–Crippen LogP) is 2.66. The summed E-state index contributed by atoms with van der Waals surface area (Å²) in [5.41, 5.74) is 1.44. The van der Waals surface area contributed by atoms with E-state index in [0.29, 0.717) is 36.1 Å². The highest BCUT2D eigenvalue weighted by molar-refractivity contribution is 5.67. The minimum Gasteiger partial charge on any atom is -0.504 e. The third-order valence-corrected chi connectivity index (χ3v) is 4.16. The lowest BCUT2D eigenvalue weighted by Gasteiger charge is -2.37. The number of fused-ring (bicyclic) bond motifs is 1. The summed E-state index contributed by atoms with van der Waals surface area (Å²) in [4.78, 5) is 10.7. The summed E-state index contributed by atoms with van der Waals surface area (Å²) in [6.45, 7) is 5.44. The van der Waals surface area contributed by atoms with E-state index in [9.17, 15) is 15.0 Å². The Labute approximate surface area is 117 Å². The van der Waals surface area contributed by atoms with Gasteiger partial charge in [-0.1, -0.05) is 0 Å². The third kappa shape index (κ3) is 2.40. The molecule has 0 bridgehead atoms. The molecule has 0 aromatic heterocycles. The van der Waals surface area contributed by atoms with E-state index in [2.05, 4.69) is 0 Å². The molecule has 0 saturated heterocycles. The molecule has 1 aromatic carbocycles. The van der Waals surface area contributed by atoms with Gasteiger partial charge in [0.2, 0.25) is 0 Å². The van der Waals surface area contributed by atoms with Crippen LogP contribution in [-0.2, 0) is 11.2 Å². The van der Waals surface area contributed by atoms with Crippen LogP contribution < -0.4 is 4.74 Å². The normalized spacial score (nSPS) is 21.1. The van der Waals surface area contributed by atoms with Gasteiger partial charge in [0, 0.05) is 17.5 Å². The van der Waals surface area contributed by atoms with Crippen molar-refractivity contribution in [2.24, 2.45) is 0 Å². The molecule has 110 valence electrons. The number of aliphatic carboxylic acids is 1. The van der Waals surface area contributed by atoms with Crippen molar-refractivity contribution in [1.82, 2.24) is 0 Å². The highest BCUT2D eigenvalue weighted by atomic mass is 16.5. The number of phenolic OH excluding ortho intramolecular Hbond substituents is 2. The number of carboxylic acid groups (broad SMARTS) is 1. The number of rotatable bonds is 3. The van der Waals surface area contributed by atoms with Crippen LogP contribution in [-0.4, -0.2) is 26.9 Å². The second-order valence-corrected chi connectivity index (χ2v) is 5.70. The Kier molecular flexibility index (Phi) is 3.54. The van der Waals surface area contributed by atoms with Crippen molar-refractivity contribution in [1.29, 1.82) is 0 Å². The second kappa shape index (κ2) is 4.89. The zero-order valence-corrected chi connectivity index (χ0v) is 12.0. The summed E-state index contributed by atoms with van der Waals surface area (Å²) >= 11 is 0. The number of carboxylic acids is 1. The van der Waals surface area contributed by atoms with Crippen molar-refractivity contribution in [3.63, 3.8) is 0 Å². The zero-order chi connectivity index (χ0) is 15.1. The summed E-state index contributed by atoms with van der Waals surface area (Å²) in [5, 5.41) is 28.7. The fourth-order valence-corrected chi connectivity index (χ4v) is 2.61. The standard InChI is InChI=1S/C15H20O5/c1-8-9(2)14-10(13(19)12(8)18)4-6-15(3,20-14)7-5-11(16)17/h18-19H,4-7H2,1-3H3,(H,16,17). The van der Waals surface area contributed by atoms with Gasteiger partial charge >= 0.3 is 5.97 Å². The SMILES string of the molecule is Cc1c(C)c2c(c(O)c1O)CCC(C)(CCC(=O)O)O2. The van der Waals surface area contributed by atoms with E-state index in [0.717, 1.165) is 5.56 Å². The Morgan fingerprint density at radius 3 is 2.50 bits per heavy atom. The average Bonchev–Trinajstić information content (AvgIpc) is 2.41. The van der Waals surface area contributed by atoms with Crippen LogP contribution in [0.1, 0.15) is 42.9 Å². The van der Waals surface area contributed by atoms with Crippen LogP contribution in [0.5, 0.6) is 17.2 Å². The molecule has 0 fully saturated rings. The van der Waals surface area contributed by atoms with E-state index in [1.54, 1.807) is 6.92 Å². The molecular formula is C15H20O5. The smallest absolute Gasteiger partial charge is 0.303 e. The first-order valence-corrected chi connectivity index (χ1v) is 6.70. The lowest BCUT2D eigenvalue weighted by atomic mass is 9.86. The minimum absolute atomic E-state index is 0.0495. The number of hydrogen-bond donors (Lipinski definition) is 3. The monoisotopic (exact) mass is 280 g/mol. The van der Waals surface area contributed by atoms with Crippen LogP contribution >= 0.6 is 0 Å². The Balaban J connectivity index is 2.37. The van der Waals surface area contributed by atoms with Crippen molar-refractivity contribution in [3.05, 3.63) is 16.7 Å². The van der Waals surface area contributed by atoms with Crippen LogP contribution in [0.3, 0.4) is 0 Å². The Hall–Kier alpha value is -1.91. The molecule has 5 heteroatoms. The summed E-state index contributed by atoms with van der Waals surface area (Å²) in [5.74, 6) is -0.485. The van der Waals surface area contributed by atoms with E-state index in [4.69, 9.17) is 9.84 Å². The largest absolute Gasteiger partial charge is 0.504 e. The van der Waals surface area contributed by atoms with Crippen molar-refractivity contribution in [2.75, 3.05) is 0 Å². The molecule has 1 atom stereocenters. The van der Waals surface area contributed by atoms with Gasteiger partial charge in [0.25, 0.3) is 0 Å². The van der Waals surface area contributed by atoms with E-state index >= 15 is 0 Å². The van der Waals surface area contributed by atoms with Gasteiger partial charge in [0.1, 0.15) is 11.4 Å². The fourth-order valence-electron chi connectivity index (χ4n) is 2.61. The quantitative estimate of drug-likeness (QED) is 0.741. The predicted molar refractivity (Wildman–Crippen MR) is 73.5 cm³/mol. The second-order valence-electron chi connectivity index (χ2n) is 5.70. The minimum atomic E-state index is -0.845. The van der Waals surface area contributed by atoms with Gasteiger partial charge in [-0.2, -0.15) is 0 Å². The number of carbonyl (C=O) groups is 1. The molecule has 5 nitrogen and oxygen atoms in total. The first-order chi connectivity index (χ1) is 9.25. The molecule has 0 aliphatic carbocycles. The highest BCUT2D eigenvalue weighted by Crippen LogP contribution is 2.47. The number of hydrogen-bond acceptors (Lipinski definition) is 4. The summed E-state index contributed by atoms with van der Waals surface area (Å²) in [7, 11) is 0. The molecular weight excluding hydrogens is 260 g/mol. The maximum atomic E-state index is 10.7. The Morgan fingerprint density at radius 1 is 1.25 bits per heavy atom. The van der Waals surface area contributed by atoms with Gasteiger partial charge in [-0.15, -0.1) is 0 Å². The van der Waals surface area contributed by atoms with Crippen LogP contribution in [0.4, 0.5) is 0 Å². The topological polar surface area (TPSA) is 87.0 Å². The molecule has 1 aliphatic heterocycles. The molecule has 0 saturated carbocycles. The van der Waals surface area contributed by atoms with Crippen molar-refractivity contribution >= 4 is 5.97 Å². The molecule has 1 unspecified atom stereocenters. The lowest BCUT2D eigenvalue weighted by Crippen LogP contribution is -2.37. The van der Waals surface area contributed by atoms with Gasteiger partial charge in [-0.3, -0.25) is 4.79 Å². The number of ether oxygens (including phenoxy) is 1. The third-order valence-electron chi connectivity index (χ3n) is 4.16. The van der Waals surface area contributed by atoms with E-state index in [1.807, 2.05) is 13.8 Å². The molecule has 3 N–H and O–H groups in total. The fraction of sp³-hybridized carbons (Fsp3) is 0.533. The van der Waals surface area contributed by atoms with Crippen LogP contribution in [0.15, 0.2) is 0 Å².